The van der Waals surface area contributed by atoms with Gasteiger partial charge in [0.1, 0.15) is 13.2 Å². The number of hydrogen-bond acceptors (Lipinski definition) is 6. The van der Waals surface area contributed by atoms with Gasteiger partial charge in [0.15, 0.2) is 6.10 Å². The number of carbonyl (C=O) groups excluding carboxylic acids is 3. The first-order valence-electron chi connectivity index (χ1n) is 33.5. The lowest BCUT2D eigenvalue weighted by Crippen LogP contribution is -2.30. The van der Waals surface area contributed by atoms with Crippen LogP contribution in [0.15, 0.2) is 158 Å². The van der Waals surface area contributed by atoms with E-state index in [4.69, 9.17) is 14.2 Å². The van der Waals surface area contributed by atoms with Gasteiger partial charge in [-0.1, -0.05) is 294 Å². The van der Waals surface area contributed by atoms with Gasteiger partial charge >= 0.3 is 17.9 Å². The van der Waals surface area contributed by atoms with Crippen molar-refractivity contribution in [3.05, 3.63) is 158 Å². The molecule has 1 unspecified atom stereocenters. The summed E-state index contributed by atoms with van der Waals surface area (Å²) >= 11 is 0. The van der Waals surface area contributed by atoms with Crippen molar-refractivity contribution >= 4 is 17.9 Å². The highest BCUT2D eigenvalue weighted by Crippen LogP contribution is 2.15. The summed E-state index contributed by atoms with van der Waals surface area (Å²) in [6, 6.07) is 0. The summed E-state index contributed by atoms with van der Waals surface area (Å²) in [5, 5.41) is 0. The monoisotopic (exact) mass is 1130 g/mol. The van der Waals surface area contributed by atoms with Crippen LogP contribution in [0.5, 0.6) is 0 Å². The number of unbranched alkanes of at least 4 members (excludes halogenated alkanes) is 22. The molecular formula is C76H122O6. The molecule has 0 amide bonds. The van der Waals surface area contributed by atoms with Crippen molar-refractivity contribution in [3.8, 4) is 0 Å². The van der Waals surface area contributed by atoms with Gasteiger partial charge in [0.05, 0.1) is 0 Å². The second kappa shape index (κ2) is 68.5. The molecule has 0 heterocycles. The van der Waals surface area contributed by atoms with Crippen LogP contribution in [0, 0.1) is 0 Å². The molecule has 6 heteroatoms. The second-order valence-electron chi connectivity index (χ2n) is 21.6. The molecule has 0 N–H and O–H groups in total. The standard InChI is InChI=1S/C76H122O6/c1-4-7-10-13-16-19-22-24-26-28-30-32-34-36-38-40-42-44-46-48-50-52-54-57-60-63-66-69-75(78)81-72-73(71-80-74(77)68-65-62-59-56-21-18-15-12-9-6-3)82-76(79)70-67-64-61-58-55-53-51-49-47-45-43-41-39-37-35-33-31-29-27-25-23-20-17-14-11-8-5-2/h7-8,10-11,16-17,19-20,24-27,30-33,36-39,42,44,48,50,54,57,73H,4-6,9,12-15,18,21-23,28-29,34-35,40-41,43,45-47,49,51-53,55-56,58-72H2,1-3H3/b10-7-,11-8-,19-16-,20-17-,26-24-,27-25-,32-30-,33-31-,38-36-,39-37-,44-42-,50-48-,57-54-. The van der Waals surface area contributed by atoms with Crippen LogP contribution in [0.2, 0.25) is 0 Å². The van der Waals surface area contributed by atoms with Crippen LogP contribution >= 0.6 is 0 Å². The lowest BCUT2D eigenvalue weighted by Gasteiger charge is -2.18. The van der Waals surface area contributed by atoms with Crippen molar-refractivity contribution in [3.63, 3.8) is 0 Å². The topological polar surface area (TPSA) is 78.9 Å². The summed E-state index contributed by atoms with van der Waals surface area (Å²) < 4.78 is 16.9. The third kappa shape index (κ3) is 65.8. The van der Waals surface area contributed by atoms with Gasteiger partial charge in [-0.3, -0.25) is 14.4 Å². The maximum atomic E-state index is 12.9. The smallest absolute Gasteiger partial charge is 0.306 e. The number of carbonyl (C=O) groups is 3. The van der Waals surface area contributed by atoms with E-state index in [1.807, 2.05) is 0 Å². The largest absolute Gasteiger partial charge is 0.462 e. The zero-order valence-corrected chi connectivity index (χ0v) is 52.9. The highest BCUT2D eigenvalue weighted by molar-refractivity contribution is 5.71. The van der Waals surface area contributed by atoms with E-state index in [2.05, 4.69) is 179 Å². The minimum atomic E-state index is -0.804. The van der Waals surface area contributed by atoms with Crippen molar-refractivity contribution in [2.75, 3.05) is 13.2 Å². The third-order valence-electron chi connectivity index (χ3n) is 13.8. The number of rotatable bonds is 59. The summed E-state index contributed by atoms with van der Waals surface area (Å²) in [5.41, 5.74) is 0. The first kappa shape index (κ1) is 77.0. The molecule has 0 aromatic carbocycles. The predicted octanol–water partition coefficient (Wildman–Crippen LogP) is 23.3. The zero-order valence-electron chi connectivity index (χ0n) is 52.9. The maximum absolute atomic E-state index is 12.9. The summed E-state index contributed by atoms with van der Waals surface area (Å²) in [7, 11) is 0. The fourth-order valence-corrected chi connectivity index (χ4v) is 8.84. The molecule has 0 radical (unpaired) electrons. The highest BCUT2D eigenvalue weighted by Gasteiger charge is 2.19. The molecule has 0 fully saturated rings. The van der Waals surface area contributed by atoms with Gasteiger partial charge in [0, 0.05) is 19.3 Å². The average Bonchev–Trinajstić information content (AvgIpc) is 3.48. The molecule has 6 nitrogen and oxygen atoms in total. The molecule has 1 atom stereocenters. The Hall–Kier alpha value is -4.97. The van der Waals surface area contributed by atoms with E-state index < -0.39 is 6.10 Å². The van der Waals surface area contributed by atoms with E-state index in [-0.39, 0.29) is 31.1 Å². The molecular weight excluding hydrogens is 1010 g/mol. The Morgan fingerprint density at radius 3 is 0.768 bits per heavy atom. The number of ether oxygens (including phenoxy) is 3. The third-order valence-corrected chi connectivity index (χ3v) is 13.8. The van der Waals surface area contributed by atoms with Crippen LogP contribution in [0.3, 0.4) is 0 Å². The number of hydrogen-bond donors (Lipinski definition) is 0. The van der Waals surface area contributed by atoms with Crippen molar-refractivity contribution < 1.29 is 28.6 Å². The molecule has 82 heavy (non-hydrogen) atoms. The van der Waals surface area contributed by atoms with E-state index in [0.29, 0.717) is 25.7 Å². The van der Waals surface area contributed by atoms with Crippen LogP contribution < -0.4 is 0 Å². The molecule has 0 aliphatic carbocycles. The summed E-state index contributed by atoms with van der Waals surface area (Å²) in [5.74, 6) is -0.947. The molecule has 0 saturated heterocycles. The molecule has 462 valence electrons. The first-order valence-corrected chi connectivity index (χ1v) is 33.5. The van der Waals surface area contributed by atoms with Crippen molar-refractivity contribution in [1.29, 1.82) is 0 Å². The molecule has 0 bridgehead atoms. The predicted molar refractivity (Wildman–Crippen MR) is 357 cm³/mol. The Morgan fingerprint density at radius 2 is 0.476 bits per heavy atom. The molecule has 0 rings (SSSR count). The molecule has 0 aliphatic rings. The summed E-state index contributed by atoms with van der Waals surface area (Å²) in [6.45, 7) is 6.37. The second-order valence-corrected chi connectivity index (χ2v) is 21.6. The van der Waals surface area contributed by atoms with E-state index in [0.717, 1.165) is 135 Å². The van der Waals surface area contributed by atoms with Crippen molar-refractivity contribution in [2.45, 2.75) is 290 Å². The van der Waals surface area contributed by atoms with Gasteiger partial charge in [0.2, 0.25) is 0 Å². The number of esters is 3. The Balaban J connectivity index is 4.35. The first-order chi connectivity index (χ1) is 40.5. The van der Waals surface area contributed by atoms with E-state index in [9.17, 15) is 14.4 Å². The van der Waals surface area contributed by atoms with Crippen LogP contribution in [0.25, 0.3) is 0 Å². The normalized spacial score (nSPS) is 13.2. The van der Waals surface area contributed by atoms with Crippen LogP contribution in [-0.4, -0.2) is 37.2 Å². The summed E-state index contributed by atoms with van der Waals surface area (Å²) in [4.78, 5) is 38.3. The van der Waals surface area contributed by atoms with Gasteiger partial charge in [-0.25, -0.2) is 0 Å². The van der Waals surface area contributed by atoms with Gasteiger partial charge in [-0.2, -0.15) is 0 Å². The van der Waals surface area contributed by atoms with Gasteiger partial charge in [-0.15, -0.1) is 0 Å². The highest BCUT2D eigenvalue weighted by atomic mass is 16.6. The van der Waals surface area contributed by atoms with Crippen LogP contribution in [-0.2, 0) is 28.6 Å². The molecule has 0 aromatic heterocycles. The molecule has 0 saturated carbocycles. The fraction of sp³-hybridized carbons (Fsp3) is 0.618. The minimum Gasteiger partial charge on any atom is -0.462 e. The molecule has 0 aliphatic heterocycles. The van der Waals surface area contributed by atoms with E-state index in [1.165, 1.54) is 103 Å². The fourth-order valence-electron chi connectivity index (χ4n) is 8.84. The molecule has 0 spiro atoms. The summed E-state index contributed by atoms with van der Waals surface area (Å²) in [6.07, 6.45) is 99.8. The Kier molecular flexibility index (Phi) is 64.4. The van der Waals surface area contributed by atoms with Gasteiger partial charge in [0.25, 0.3) is 0 Å². The Bertz CT molecular complexity index is 1830. The lowest BCUT2D eigenvalue weighted by molar-refractivity contribution is -0.167. The van der Waals surface area contributed by atoms with Crippen LogP contribution in [0.1, 0.15) is 284 Å². The van der Waals surface area contributed by atoms with Crippen molar-refractivity contribution in [2.24, 2.45) is 0 Å². The number of allylic oxidation sites excluding steroid dienone is 26. The Labute approximate surface area is 505 Å². The van der Waals surface area contributed by atoms with Gasteiger partial charge < -0.3 is 14.2 Å². The zero-order chi connectivity index (χ0) is 59.2. The van der Waals surface area contributed by atoms with E-state index >= 15 is 0 Å². The average molecular weight is 1130 g/mol. The van der Waals surface area contributed by atoms with Crippen LogP contribution in [0.4, 0.5) is 0 Å². The minimum absolute atomic E-state index is 0.0967. The van der Waals surface area contributed by atoms with Crippen molar-refractivity contribution in [1.82, 2.24) is 0 Å². The molecule has 0 aromatic rings. The quantitative estimate of drug-likeness (QED) is 0.0261. The Morgan fingerprint density at radius 1 is 0.256 bits per heavy atom. The lowest BCUT2D eigenvalue weighted by atomic mass is 10.0. The SMILES string of the molecule is CC/C=C\C/C=C\C/C=C\C/C=C\C/C=C\C/C=C\C/C=C\C/C=C\CCCCC(=O)OCC(COC(=O)CCCCCCCCCCCC)OC(=O)CCCCCCCCCCCCC/C=C\C/C=C\C/C=C\C/C=C\C/C=C\CC. The maximum Gasteiger partial charge on any atom is 0.306 e. The van der Waals surface area contributed by atoms with E-state index in [1.54, 1.807) is 0 Å². The van der Waals surface area contributed by atoms with Gasteiger partial charge in [-0.05, 0) is 128 Å².